The fraction of sp³-hybridized carbons (Fsp3) is 0. The minimum absolute atomic E-state index is 0.217. The van der Waals surface area contributed by atoms with Gasteiger partial charge in [-0.1, -0.05) is 12.1 Å². The van der Waals surface area contributed by atoms with Crippen LogP contribution < -0.4 is 19.3 Å². The summed E-state index contributed by atoms with van der Waals surface area (Å²) in [5.74, 6) is -2.61. The highest BCUT2D eigenvalue weighted by molar-refractivity contribution is 6.28. The molecule has 4 aromatic rings. The third-order valence-corrected chi connectivity index (χ3v) is 6.55. The van der Waals surface area contributed by atoms with Crippen molar-refractivity contribution < 1.29 is 38.2 Å². The molecule has 0 aliphatic carbocycles. The molecule has 2 heterocycles. The van der Waals surface area contributed by atoms with Crippen molar-refractivity contribution in [2.45, 2.75) is 0 Å². The topological polar surface area (TPSA) is 127 Å². The van der Waals surface area contributed by atoms with Crippen LogP contribution in [0, 0.1) is 0 Å². The molecule has 4 amide bonds. The number of fused-ring (bicyclic) bond motifs is 1. The van der Waals surface area contributed by atoms with Gasteiger partial charge < -0.3 is 9.47 Å². The molecule has 0 saturated carbocycles. The average Bonchev–Trinajstić information content (AvgIpc) is 3.51. The van der Waals surface area contributed by atoms with Gasteiger partial charge in [0.25, 0.3) is 23.6 Å². The number of esters is 2. The van der Waals surface area contributed by atoms with E-state index in [0.29, 0.717) is 16.8 Å². The van der Waals surface area contributed by atoms with Crippen LogP contribution in [-0.2, 0) is 19.2 Å². The molecule has 42 heavy (non-hydrogen) atoms. The van der Waals surface area contributed by atoms with Gasteiger partial charge in [0.1, 0.15) is 11.5 Å². The Balaban J connectivity index is 1.13. The number of imide groups is 2. The zero-order valence-corrected chi connectivity index (χ0v) is 21.6. The Hall–Kier alpha value is -6.16. The maximum absolute atomic E-state index is 12.7. The maximum atomic E-state index is 12.7. The fourth-order valence-electron chi connectivity index (χ4n) is 4.46. The van der Waals surface area contributed by atoms with Gasteiger partial charge in [0.2, 0.25) is 0 Å². The number of carbonyl (C=O) groups is 6. The number of nitrogens with zero attached hydrogens (tertiary/aromatic N) is 2. The van der Waals surface area contributed by atoms with E-state index in [1.165, 1.54) is 72.8 Å². The van der Waals surface area contributed by atoms with Gasteiger partial charge in [0.05, 0.1) is 22.5 Å². The van der Waals surface area contributed by atoms with E-state index in [1.807, 2.05) is 0 Å². The van der Waals surface area contributed by atoms with E-state index < -0.39 is 35.6 Å². The summed E-state index contributed by atoms with van der Waals surface area (Å²) in [4.78, 5) is 74.9. The molecule has 0 saturated heterocycles. The summed E-state index contributed by atoms with van der Waals surface area (Å²) in [6.07, 6.45) is 4.70. The summed E-state index contributed by atoms with van der Waals surface area (Å²) in [7, 11) is 0. The van der Waals surface area contributed by atoms with Crippen LogP contribution >= 0.6 is 0 Å². The van der Waals surface area contributed by atoms with Gasteiger partial charge in [0, 0.05) is 24.3 Å². The summed E-state index contributed by atoms with van der Waals surface area (Å²) in [5, 5.41) is 1.46. The molecule has 10 nitrogen and oxygen atoms in total. The van der Waals surface area contributed by atoms with E-state index in [4.69, 9.17) is 9.47 Å². The van der Waals surface area contributed by atoms with Crippen molar-refractivity contribution in [3.05, 3.63) is 120 Å². The summed E-state index contributed by atoms with van der Waals surface area (Å²) in [6, 6.07) is 21.8. The predicted molar refractivity (Wildman–Crippen MR) is 150 cm³/mol. The second-order valence-corrected chi connectivity index (χ2v) is 9.23. The third kappa shape index (κ3) is 4.95. The molecule has 0 bridgehead atoms. The Bertz CT molecular complexity index is 1720. The molecule has 0 atom stereocenters. The first kappa shape index (κ1) is 26.1. The number of hydrogen-bond donors (Lipinski definition) is 0. The molecule has 4 aromatic carbocycles. The molecule has 0 N–H and O–H groups in total. The van der Waals surface area contributed by atoms with E-state index in [1.54, 1.807) is 36.4 Å². The lowest BCUT2D eigenvalue weighted by Crippen LogP contribution is -2.29. The van der Waals surface area contributed by atoms with Crippen LogP contribution in [0.2, 0.25) is 0 Å². The molecule has 0 aromatic heterocycles. The monoisotopic (exact) mass is 558 g/mol. The van der Waals surface area contributed by atoms with Gasteiger partial charge in [-0.2, -0.15) is 0 Å². The van der Waals surface area contributed by atoms with E-state index in [0.717, 1.165) is 15.2 Å². The minimum atomic E-state index is -0.641. The van der Waals surface area contributed by atoms with Gasteiger partial charge in [-0.05, 0) is 83.6 Å². The van der Waals surface area contributed by atoms with E-state index >= 15 is 0 Å². The molecular formula is C32H18N2O8. The van der Waals surface area contributed by atoms with Crippen LogP contribution in [0.4, 0.5) is 11.4 Å². The van der Waals surface area contributed by atoms with E-state index in [9.17, 15) is 28.8 Å². The second-order valence-electron chi connectivity index (χ2n) is 9.23. The van der Waals surface area contributed by atoms with Crippen LogP contribution in [-0.4, -0.2) is 35.6 Å². The van der Waals surface area contributed by atoms with Crippen LogP contribution in [0.5, 0.6) is 11.5 Å². The van der Waals surface area contributed by atoms with Crippen LogP contribution in [0.1, 0.15) is 20.7 Å². The highest BCUT2D eigenvalue weighted by Gasteiger charge is 2.26. The molecule has 6 rings (SSSR count). The van der Waals surface area contributed by atoms with Gasteiger partial charge in [-0.15, -0.1) is 0 Å². The number of benzene rings is 4. The maximum Gasteiger partial charge on any atom is 0.343 e. The molecular weight excluding hydrogens is 540 g/mol. The van der Waals surface area contributed by atoms with E-state index in [-0.39, 0.29) is 22.6 Å². The third-order valence-electron chi connectivity index (χ3n) is 6.55. The highest BCUT2D eigenvalue weighted by Crippen LogP contribution is 2.27. The summed E-state index contributed by atoms with van der Waals surface area (Å²) in [5.41, 5.74) is 1.11. The number of carbonyl (C=O) groups excluding carboxylic acids is 6. The fourth-order valence-corrected chi connectivity index (χ4v) is 4.46. The van der Waals surface area contributed by atoms with Gasteiger partial charge in [-0.25, -0.2) is 19.4 Å². The smallest absolute Gasteiger partial charge is 0.343 e. The Labute approximate surface area is 237 Å². The number of anilines is 2. The van der Waals surface area contributed by atoms with Crippen molar-refractivity contribution in [1.82, 2.24) is 0 Å². The molecule has 2 aliphatic heterocycles. The van der Waals surface area contributed by atoms with E-state index in [2.05, 4.69) is 0 Å². The zero-order chi connectivity index (χ0) is 29.4. The van der Waals surface area contributed by atoms with Crippen molar-refractivity contribution >= 4 is 57.7 Å². The standard InChI is InChI=1S/C32H18N2O8/c35-27-13-14-28(36)33(27)23-7-1-20(2-8-23)31(39)41-25-11-5-19-6-12-26(18-22(19)17-25)42-32(40)21-3-9-24(10-4-21)34-29(37)15-16-30(34)38/h1-18H. The number of ether oxygens (including phenoxy) is 2. The first-order valence-corrected chi connectivity index (χ1v) is 12.6. The number of rotatable bonds is 6. The molecule has 204 valence electrons. The number of amides is 4. The lowest BCUT2D eigenvalue weighted by Gasteiger charge is -2.14. The quantitative estimate of drug-likeness (QED) is 0.196. The minimum Gasteiger partial charge on any atom is -0.423 e. The highest BCUT2D eigenvalue weighted by atomic mass is 16.5. The normalized spacial score (nSPS) is 14.3. The largest absolute Gasteiger partial charge is 0.423 e. The van der Waals surface area contributed by atoms with Gasteiger partial charge in [-0.3, -0.25) is 19.2 Å². The Morgan fingerprint density at radius 3 is 1.17 bits per heavy atom. The molecule has 10 heteroatoms. The molecule has 0 spiro atoms. The first-order chi connectivity index (χ1) is 20.3. The van der Waals surface area contributed by atoms with Crippen molar-refractivity contribution in [2.75, 3.05) is 9.80 Å². The van der Waals surface area contributed by atoms with Crippen molar-refractivity contribution in [1.29, 1.82) is 0 Å². The van der Waals surface area contributed by atoms with Crippen LogP contribution in [0.15, 0.2) is 109 Å². The lowest BCUT2D eigenvalue weighted by atomic mass is 10.1. The first-order valence-electron chi connectivity index (χ1n) is 12.6. The van der Waals surface area contributed by atoms with Crippen molar-refractivity contribution in [2.24, 2.45) is 0 Å². The van der Waals surface area contributed by atoms with Gasteiger partial charge in [0.15, 0.2) is 0 Å². The molecule has 0 unspecified atom stereocenters. The molecule has 0 radical (unpaired) electrons. The molecule has 2 aliphatic rings. The molecule has 0 fully saturated rings. The zero-order valence-electron chi connectivity index (χ0n) is 21.6. The summed E-state index contributed by atoms with van der Waals surface area (Å²) < 4.78 is 11.0. The van der Waals surface area contributed by atoms with Crippen LogP contribution in [0.25, 0.3) is 10.8 Å². The number of hydrogen-bond acceptors (Lipinski definition) is 8. The SMILES string of the molecule is O=C(Oc1ccc2ccc(OC(=O)c3ccc(N4C(=O)C=CC4=O)cc3)cc2c1)c1ccc(N2C(=O)C=CC2=O)cc1. The van der Waals surface area contributed by atoms with Gasteiger partial charge >= 0.3 is 11.9 Å². The summed E-state index contributed by atoms with van der Waals surface area (Å²) >= 11 is 0. The lowest BCUT2D eigenvalue weighted by molar-refractivity contribution is -0.121. The average molecular weight is 559 g/mol. The predicted octanol–water partition coefficient (Wildman–Crippen LogP) is 4.14. The Morgan fingerprint density at radius 2 is 0.810 bits per heavy atom. The Morgan fingerprint density at radius 1 is 0.452 bits per heavy atom. The van der Waals surface area contributed by atoms with Crippen LogP contribution in [0.3, 0.4) is 0 Å². The second kappa shape index (κ2) is 10.4. The van der Waals surface area contributed by atoms with Crippen molar-refractivity contribution in [3.8, 4) is 11.5 Å². The van der Waals surface area contributed by atoms with Crippen molar-refractivity contribution in [3.63, 3.8) is 0 Å². The summed E-state index contributed by atoms with van der Waals surface area (Å²) in [6.45, 7) is 0. The Kier molecular flexibility index (Phi) is 6.48.